The van der Waals surface area contributed by atoms with Crippen molar-refractivity contribution < 1.29 is 0 Å². The van der Waals surface area contributed by atoms with Crippen LogP contribution in [0.5, 0.6) is 0 Å². The van der Waals surface area contributed by atoms with Crippen LogP contribution in [0.15, 0.2) is 41.2 Å². The average molecular weight is 315 g/mol. The topological polar surface area (TPSA) is 69.5 Å². The van der Waals surface area contributed by atoms with E-state index in [1.165, 1.54) is 5.56 Å². The van der Waals surface area contributed by atoms with Crippen LogP contribution in [0.3, 0.4) is 0 Å². The fraction of sp³-hybridized carbons (Fsp3) is 0.150. The predicted octanol–water partition coefficient (Wildman–Crippen LogP) is 3.91. The van der Waals surface area contributed by atoms with Crippen LogP contribution in [0.1, 0.15) is 28.1 Å². The number of benzene rings is 2. The number of fused-ring (bicyclic) bond motifs is 1. The molecule has 118 valence electrons. The molecular weight excluding hydrogens is 298 g/mol. The number of nitrogens with one attached hydrogen (secondary N) is 1. The zero-order valence-corrected chi connectivity index (χ0v) is 13.8. The van der Waals surface area contributed by atoms with Crippen molar-refractivity contribution in [1.29, 1.82) is 5.26 Å². The lowest BCUT2D eigenvalue weighted by Gasteiger charge is -2.07. The van der Waals surface area contributed by atoms with Gasteiger partial charge in [-0.05, 0) is 61.2 Å². The molecule has 1 heterocycles. The van der Waals surface area contributed by atoms with Gasteiger partial charge in [0.05, 0.1) is 16.5 Å². The van der Waals surface area contributed by atoms with Crippen molar-refractivity contribution in [2.75, 3.05) is 0 Å². The second-order valence-corrected chi connectivity index (χ2v) is 5.89. The molecule has 0 bridgehead atoms. The number of hydrogen-bond acceptors (Lipinski definition) is 3. The van der Waals surface area contributed by atoms with Crippen molar-refractivity contribution >= 4 is 22.6 Å². The van der Waals surface area contributed by atoms with Crippen LogP contribution in [0.25, 0.3) is 22.6 Å². The summed E-state index contributed by atoms with van der Waals surface area (Å²) in [7, 11) is 0. The van der Waals surface area contributed by atoms with Gasteiger partial charge in [-0.2, -0.15) is 5.26 Å². The summed E-state index contributed by atoms with van der Waals surface area (Å²) in [6.07, 6.45) is 1.77. The van der Waals surface area contributed by atoms with Crippen LogP contribution >= 0.6 is 0 Å². The number of nitriles is 1. The number of para-hydroxylation sites is 1. The smallest absolute Gasteiger partial charge is 0.259 e. The molecule has 2 aromatic carbocycles. The summed E-state index contributed by atoms with van der Waals surface area (Å²) in [5, 5.41) is 10.1. The molecular formula is C20H17N3O. The Morgan fingerprint density at radius 3 is 2.58 bits per heavy atom. The first-order chi connectivity index (χ1) is 11.5. The van der Waals surface area contributed by atoms with E-state index in [0.29, 0.717) is 22.3 Å². The van der Waals surface area contributed by atoms with Crippen molar-refractivity contribution in [3.8, 4) is 6.07 Å². The molecule has 0 spiro atoms. The van der Waals surface area contributed by atoms with E-state index < -0.39 is 0 Å². The van der Waals surface area contributed by atoms with Gasteiger partial charge in [-0.1, -0.05) is 24.3 Å². The second kappa shape index (κ2) is 6.13. The zero-order chi connectivity index (χ0) is 17.3. The molecule has 24 heavy (non-hydrogen) atoms. The Bertz CT molecular complexity index is 1070. The van der Waals surface area contributed by atoms with Crippen molar-refractivity contribution in [1.82, 2.24) is 9.97 Å². The summed E-state index contributed by atoms with van der Waals surface area (Å²) >= 11 is 0. The third-order valence-corrected chi connectivity index (χ3v) is 4.17. The first-order valence-electron chi connectivity index (χ1n) is 7.68. The number of hydrogen-bond donors (Lipinski definition) is 1. The molecule has 0 aliphatic rings. The van der Waals surface area contributed by atoms with Gasteiger partial charge >= 0.3 is 0 Å². The van der Waals surface area contributed by atoms with Crippen LogP contribution in [0.2, 0.25) is 0 Å². The number of nitrogens with zero attached hydrogens (tertiary/aromatic N) is 2. The van der Waals surface area contributed by atoms with Crippen molar-refractivity contribution in [2.24, 2.45) is 0 Å². The molecule has 0 fully saturated rings. The SMILES string of the molecule is Cc1cc(C)c(C=C(C#N)c2nc3ccccc3c(=O)[nH]2)cc1C. The highest BCUT2D eigenvalue weighted by molar-refractivity contribution is 5.89. The fourth-order valence-electron chi connectivity index (χ4n) is 2.66. The Kier molecular flexibility index (Phi) is 4.01. The molecule has 0 aliphatic heterocycles. The minimum absolute atomic E-state index is 0.242. The molecule has 4 heteroatoms. The highest BCUT2D eigenvalue weighted by atomic mass is 16.1. The number of aryl methyl sites for hydroxylation is 3. The normalized spacial score (nSPS) is 11.5. The number of aromatic nitrogens is 2. The van der Waals surface area contributed by atoms with Gasteiger partial charge in [0.1, 0.15) is 6.07 Å². The Labute approximate surface area is 140 Å². The van der Waals surface area contributed by atoms with Crippen LogP contribution in [0, 0.1) is 32.1 Å². The van der Waals surface area contributed by atoms with Crippen LogP contribution in [-0.4, -0.2) is 9.97 Å². The molecule has 0 saturated heterocycles. The minimum Gasteiger partial charge on any atom is -0.305 e. The summed E-state index contributed by atoms with van der Waals surface area (Å²) < 4.78 is 0. The van der Waals surface area contributed by atoms with Gasteiger partial charge in [-0.25, -0.2) is 4.98 Å². The van der Waals surface area contributed by atoms with E-state index in [9.17, 15) is 10.1 Å². The van der Waals surface area contributed by atoms with Gasteiger partial charge in [0.15, 0.2) is 5.82 Å². The number of aromatic amines is 1. The highest BCUT2D eigenvalue weighted by Crippen LogP contribution is 2.21. The maximum atomic E-state index is 12.2. The first-order valence-corrected chi connectivity index (χ1v) is 7.68. The Hall–Kier alpha value is -3.19. The van der Waals surface area contributed by atoms with Crippen molar-refractivity contribution in [2.45, 2.75) is 20.8 Å². The lowest BCUT2D eigenvalue weighted by atomic mass is 9.99. The highest BCUT2D eigenvalue weighted by Gasteiger charge is 2.09. The molecule has 0 atom stereocenters. The lowest BCUT2D eigenvalue weighted by molar-refractivity contribution is 1.13. The molecule has 0 unspecified atom stereocenters. The molecule has 3 rings (SSSR count). The molecule has 4 nitrogen and oxygen atoms in total. The first kappa shape index (κ1) is 15.7. The average Bonchev–Trinajstić information content (AvgIpc) is 2.57. The Balaban J connectivity index is 2.18. The van der Waals surface area contributed by atoms with Gasteiger partial charge in [0, 0.05) is 0 Å². The minimum atomic E-state index is -0.242. The van der Waals surface area contributed by atoms with Gasteiger partial charge in [-0.15, -0.1) is 0 Å². The monoisotopic (exact) mass is 315 g/mol. The summed E-state index contributed by atoms with van der Waals surface area (Å²) in [4.78, 5) is 19.3. The van der Waals surface area contributed by atoms with Gasteiger partial charge < -0.3 is 4.98 Å². The Morgan fingerprint density at radius 2 is 1.83 bits per heavy atom. The third kappa shape index (κ3) is 2.84. The van der Waals surface area contributed by atoms with E-state index in [1.54, 1.807) is 24.3 Å². The fourth-order valence-corrected chi connectivity index (χ4v) is 2.66. The lowest BCUT2D eigenvalue weighted by Crippen LogP contribution is -2.11. The van der Waals surface area contributed by atoms with Gasteiger partial charge in [-0.3, -0.25) is 4.79 Å². The molecule has 0 amide bonds. The van der Waals surface area contributed by atoms with E-state index >= 15 is 0 Å². The van der Waals surface area contributed by atoms with E-state index in [-0.39, 0.29) is 5.56 Å². The number of H-pyrrole nitrogens is 1. The molecule has 3 aromatic rings. The quantitative estimate of drug-likeness (QED) is 0.729. The maximum Gasteiger partial charge on any atom is 0.259 e. The number of allylic oxidation sites excluding steroid dienone is 1. The van der Waals surface area contributed by atoms with E-state index in [0.717, 1.165) is 16.7 Å². The van der Waals surface area contributed by atoms with Gasteiger partial charge in [0.25, 0.3) is 5.56 Å². The van der Waals surface area contributed by atoms with Crippen LogP contribution < -0.4 is 5.56 Å². The summed E-state index contributed by atoms with van der Waals surface area (Å²) in [5.74, 6) is 0.291. The summed E-state index contributed by atoms with van der Waals surface area (Å²) in [6, 6.07) is 13.4. The predicted molar refractivity (Wildman–Crippen MR) is 96.5 cm³/mol. The molecule has 0 saturated carbocycles. The standard InChI is InChI=1S/C20H17N3O/c1-12-8-14(3)15(9-13(12)2)10-16(11-21)19-22-18-7-5-4-6-17(18)20(24)23-19/h4-10H,1-3H3,(H,22,23,24). The van der Waals surface area contributed by atoms with E-state index in [4.69, 9.17) is 0 Å². The van der Waals surface area contributed by atoms with Crippen LogP contribution in [-0.2, 0) is 0 Å². The van der Waals surface area contributed by atoms with Gasteiger partial charge in [0.2, 0.25) is 0 Å². The molecule has 1 aromatic heterocycles. The van der Waals surface area contributed by atoms with Crippen molar-refractivity contribution in [3.63, 3.8) is 0 Å². The molecule has 1 N–H and O–H groups in total. The second-order valence-electron chi connectivity index (χ2n) is 5.89. The largest absolute Gasteiger partial charge is 0.305 e. The molecule has 0 aliphatic carbocycles. The summed E-state index contributed by atoms with van der Waals surface area (Å²) in [5.41, 5.74) is 5.07. The zero-order valence-electron chi connectivity index (χ0n) is 13.8. The Morgan fingerprint density at radius 1 is 1.12 bits per heavy atom. The van der Waals surface area contributed by atoms with Crippen LogP contribution in [0.4, 0.5) is 0 Å². The summed E-state index contributed by atoms with van der Waals surface area (Å²) in [6.45, 7) is 6.10. The molecule has 0 radical (unpaired) electrons. The van der Waals surface area contributed by atoms with Crippen molar-refractivity contribution in [3.05, 3.63) is 74.8 Å². The van der Waals surface area contributed by atoms with E-state index in [1.807, 2.05) is 26.0 Å². The maximum absolute atomic E-state index is 12.2. The third-order valence-electron chi connectivity index (χ3n) is 4.17. The van der Waals surface area contributed by atoms with E-state index in [2.05, 4.69) is 29.0 Å². The number of rotatable bonds is 2.